The van der Waals surface area contributed by atoms with Gasteiger partial charge in [0.1, 0.15) is 5.56 Å². The van der Waals surface area contributed by atoms with E-state index in [-0.39, 0.29) is 5.56 Å². The molecule has 1 heterocycles. The van der Waals surface area contributed by atoms with Gasteiger partial charge in [-0.25, -0.2) is 4.79 Å². The summed E-state index contributed by atoms with van der Waals surface area (Å²) in [4.78, 5) is 14.7. The van der Waals surface area contributed by atoms with E-state index in [4.69, 9.17) is 9.84 Å². The van der Waals surface area contributed by atoms with E-state index in [1.807, 2.05) is 0 Å². The molecule has 0 aliphatic rings. The highest BCUT2D eigenvalue weighted by Crippen LogP contribution is 2.13. The van der Waals surface area contributed by atoms with Gasteiger partial charge in [0, 0.05) is 32.2 Å². The number of nitrogens with zero attached hydrogens (tertiary/aromatic N) is 1. The van der Waals surface area contributed by atoms with Crippen molar-refractivity contribution >= 4 is 11.7 Å². The van der Waals surface area contributed by atoms with Crippen molar-refractivity contribution in [3.63, 3.8) is 0 Å². The molecule has 0 saturated carbocycles. The van der Waals surface area contributed by atoms with Crippen LogP contribution in [0.2, 0.25) is 0 Å². The molecule has 0 amide bonds. The minimum atomic E-state index is -0.971. The van der Waals surface area contributed by atoms with Crippen LogP contribution >= 0.6 is 0 Å². The Balaban J connectivity index is 2.29. The summed E-state index contributed by atoms with van der Waals surface area (Å²) >= 11 is 0. The zero-order chi connectivity index (χ0) is 13.4. The third-order valence-corrected chi connectivity index (χ3v) is 2.28. The van der Waals surface area contributed by atoms with Gasteiger partial charge in [-0.15, -0.1) is 0 Å². The molecular formula is C13H20N2O3. The number of carbonyl (C=O) groups is 1. The first-order chi connectivity index (χ1) is 8.61. The van der Waals surface area contributed by atoms with Gasteiger partial charge in [-0.1, -0.05) is 13.8 Å². The van der Waals surface area contributed by atoms with E-state index in [0.717, 1.165) is 13.0 Å². The molecular weight excluding hydrogens is 232 g/mol. The number of aromatic carboxylic acids is 1. The molecule has 0 aliphatic carbocycles. The number of nitrogens with one attached hydrogen (secondary N) is 1. The summed E-state index contributed by atoms with van der Waals surface area (Å²) in [5.74, 6) is -0.432. The Morgan fingerprint density at radius 1 is 1.56 bits per heavy atom. The van der Waals surface area contributed by atoms with E-state index in [2.05, 4.69) is 24.1 Å². The second kappa shape index (κ2) is 7.66. The molecule has 0 bridgehead atoms. The lowest BCUT2D eigenvalue weighted by Gasteiger charge is -2.10. The predicted molar refractivity (Wildman–Crippen MR) is 70.0 cm³/mol. The quantitative estimate of drug-likeness (QED) is 0.694. The van der Waals surface area contributed by atoms with E-state index in [1.54, 1.807) is 12.3 Å². The average Bonchev–Trinajstić information content (AvgIpc) is 2.33. The van der Waals surface area contributed by atoms with Gasteiger partial charge < -0.3 is 15.2 Å². The highest BCUT2D eigenvalue weighted by atomic mass is 16.5. The van der Waals surface area contributed by atoms with Gasteiger partial charge in [-0.05, 0) is 18.4 Å². The first kappa shape index (κ1) is 14.4. The Bertz CT molecular complexity index is 380. The standard InChI is InChI=1S/C13H20N2O3/c1-10(2)9-18-7-3-5-15-12-4-6-14-8-11(12)13(16)17/h4,6,8,10H,3,5,7,9H2,1-2H3,(H,14,15)(H,16,17). The molecule has 2 N–H and O–H groups in total. The van der Waals surface area contributed by atoms with Crippen molar-refractivity contribution in [2.24, 2.45) is 5.92 Å². The normalized spacial score (nSPS) is 10.6. The molecule has 1 rings (SSSR count). The van der Waals surface area contributed by atoms with Crippen LogP contribution in [0.25, 0.3) is 0 Å². The summed E-state index contributed by atoms with van der Waals surface area (Å²) in [5.41, 5.74) is 0.793. The molecule has 0 aromatic carbocycles. The van der Waals surface area contributed by atoms with Crippen LogP contribution < -0.4 is 5.32 Å². The van der Waals surface area contributed by atoms with Crippen LogP contribution in [0, 0.1) is 5.92 Å². The smallest absolute Gasteiger partial charge is 0.339 e. The Morgan fingerprint density at radius 2 is 2.33 bits per heavy atom. The minimum absolute atomic E-state index is 0.195. The van der Waals surface area contributed by atoms with Crippen molar-refractivity contribution < 1.29 is 14.6 Å². The fourth-order valence-corrected chi connectivity index (χ4v) is 1.44. The lowest BCUT2D eigenvalue weighted by Crippen LogP contribution is -2.11. The van der Waals surface area contributed by atoms with Crippen molar-refractivity contribution in [2.45, 2.75) is 20.3 Å². The zero-order valence-electron chi connectivity index (χ0n) is 10.8. The molecule has 100 valence electrons. The van der Waals surface area contributed by atoms with Crippen molar-refractivity contribution in [1.29, 1.82) is 0 Å². The zero-order valence-corrected chi connectivity index (χ0v) is 10.8. The Kier molecular flexibility index (Phi) is 6.14. The van der Waals surface area contributed by atoms with E-state index in [1.165, 1.54) is 6.20 Å². The Morgan fingerprint density at radius 3 is 3.00 bits per heavy atom. The molecule has 0 atom stereocenters. The SMILES string of the molecule is CC(C)COCCCNc1ccncc1C(=O)O. The fourth-order valence-electron chi connectivity index (χ4n) is 1.44. The number of hydrogen-bond donors (Lipinski definition) is 2. The Labute approximate surface area is 107 Å². The highest BCUT2D eigenvalue weighted by molar-refractivity contribution is 5.93. The van der Waals surface area contributed by atoms with Crippen molar-refractivity contribution in [2.75, 3.05) is 25.1 Å². The van der Waals surface area contributed by atoms with Gasteiger partial charge in [0.05, 0.1) is 5.69 Å². The monoisotopic (exact) mass is 252 g/mol. The number of aromatic nitrogens is 1. The molecule has 5 heteroatoms. The van der Waals surface area contributed by atoms with Crippen LogP contribution in [0.1, 0.15) is 30.6 Å². The van der Waals surface area contributed by atoms with Crippen LogP contribution in [-0.2, 0) is 4.74 Å². The van der Waals surface area contributed by atoms with Crippen LogP contribution in [0.5, 0.6) is 0 Å². The lowest BCUT2D eigenvalue weighted by atomic mass is 10.2. The topological polar surface area (TPSA) is 71.5 Å². The number of hydrogen-bond acceptors (Lipinski definition) is 4. The maximum atomic E-state index is 10.9. The van der Waals surface area contributed by atoms with Gasteiger partial charge in [-0.3, -0.25) is 4.98 Å². The maximum absolute atomic E-state index is 10.9. The third kappa shape index (κ3) is 5.14. The van der Waals surface area contributed by atoms with Crippen LogP contribution in [-0.4, -0.2) is 35.8 Å². The summed E-state index contributed by atoms with van der Waals surface area (Å²) in [6.45, 7) is 6.33. The molecule has 0 aliphatic heterocycles. The third-order valence-electron chi connectivity index (χ3n) is 2.28. The largest absolute Gasteiger partial charge is 0.478 e. The number of anilines is 1. The molecule has 0 fully saturated rings. The van der Waals surface area contributed by atoms with E-state index < -0.39 is 5.97 Å². The summed E-state index contributed by atoms with van der Waals surface area (Å²) in [6.07, 6.45) is 3.76. The number of carboxylic acid groups (broad SMARTS) is 1. The molecule has 0 saturated heterocycles. The molecule has 1 aromatic heterocycles. The second-order valence-corrected chi connectivity index (χ2v) is 4.48. The summed E-state index contributed by atoms with van der Waals surface area (Å²) in [6, 6.07) is 1.67. The first-order valence-corrected chi connectivity index (χ1v) is 6.10. The van der Waals surface area contributed by atoms with Crippen molar-refractivity contribution in [1.82, 2.24) is 4.98 Å². The summed E-state index contributed by atoms with van der Waals surface area (Å²) in [7, 11) is 0. The van der Waals surface area contributed by atoms with Gasteiger partial charge in [0.15, 0.2) is 0 Å². The Hall–Kier alpha value is -1.62. The number of ether oxygens (including phenoxy) is 1. The maximum Gasteiger partial charge on any atom is 0.339 e. The van der Waals surface area contributed by atoms with E-state index in [9.17, 15) is 4.79 Å². The van der Waals surface area contributed by atoms with Crippen molar-refractivity contribution in [3.05, 3.63) is 24.0 Å². The van der Waals surface area contributed by atoms with Crippen LogP contribution in [0.15, 0.2) is 18.5 Å². The van der Waals surface area contributed by atoms with Crippen LogP contribution in [0.4, 0.5) is 5.69 Å². The number of rotatable bonds is 8. The lowest BCUT2D eigenvalue weighted by molar-refractivity contribution is 0.0697. The molecule has 0 unspecified atom stereocenters. The van der Waals surface area contributed by atoms with Gasteiger partial charge in [0.2, 0.25) is 0 Å². The summed E-state index contributed by atoms with van der Waals surface area (Å²) < 4.78 is 5.44. The molecule has 5 nitrogen and oxygen atoms in total. The van der Waals surface area contributed by atoms with E-state index >= 15 is 0 Å². The number of pyridine rings is 1. The van der Waals surface area contributed by atoms with Gasteiger partial charge >= 0.3 is 5.97 Å². The van der Waals surface area contributed by atoms with E-state index in [0.29, 0.717) is 24.8 Å². The minimum Gasteiger partial charge on any atom is -0.478 e. The second-order valence-electron chi connectivity index (χ2n) is 4.48. The fraction of sp³-hybridized carbons (Fsp3) is 0.538. The molecule has 18 heavy (non-hydrogen) atoms. The number of carboxylic acids is 1. The molecule has 0 spiro atoms. The molecule has 0 radical (unpaired) electrons. The average molecular weight is 252 g/mol. The van der Waals surface area contributed by atoms with Gasteiger partial charge in [-0.2, -0.15) is 0 Å². The summed E-state index contributed by atoms with van der Waals surface area (Å²) in [5, 5.41) is 12.0. The van der Waals surface area contributed by atoms with Crippen LogP contribution in [0.3, 0.4) is 0 Å². The highest BCUT2D eigenvalue weighted by Gasteiger charge is 2.08. The predicted octanol–water partition coefficient (Wildman–Crippen LogP) is 2.25. The van der Waals surface area contributed by atoms with Gasteiger partial charge in [0.25, 0.3) is 0 Å². The first-order valence-electron chi connectivity index (χ1n) is 6.10. The molecule has 1 aromatic rings. The van der Waals surface area contributed by atoms with Crippen molar-refractivity contribution in [3.8, 4) is 0 Å².